The van der Waals surface area contributed by atoms with Gasteiger partial charge >= 0.3 is 0 Å². The van der Waals surface area contributed by atoms with Crippen molar-refractivity contribution in [2.75, 3.05) is 13.1 Å². The fourth-order valence-corrected chi connectivity index (χ4v) is 5.30. The van der Waals surface area contributed by atoms with Gasteiger partial charge in [-0.1, -0.05) is 65.1 Å². The van der Waals surface area contributed by atoms with Crippen LogP contribution in [0.2, 0.25) is 15.1 Å². The average molecular weight is 461 g/mol. The van der Waals surface area contributed by atoms with Crippen molar-refractivity contribution in [1.82, 2.24) is 5.32 Å². The zero-order chi connectivity index (χ0) is 20.7. The molecule has 2 atom stereocenters. The molecule has 2 heterocycles. The van der Waals surface area contributed by atoms with Crippen molar-refractivity contribution in [3.05, 3.63) is 80.8 Å². The Labute approximate surface area is 190 Å². The zero-order valence-electron chi connectivity index (χ0n) is 16.1. The van der Waals surface area contributed by atoms with Gasteiger partial charge in [0.2, 0.25) is 0 Å². The van der Waals surface area contributed by atoms with Crippen LogP contribution in [0.4, 0.5) is 0 Å². The third-order valence-electron chi connectivity index (χ3n) is 5.70. The largest absolute Gasteiger partial charge is 0.485 e. The Morgan fingerprint density at radius 3 is 2.53 bits per heavy atom. The first-order valence-electron chi connectivity index (χ1n) is 9.97. The maximum absolute atomic E-state index is 6.53. The summed E-state index contributed by atoms with van der Waals surface area (Å²) in [6, 6.07) is 17.6. The van der Waals surface area contributed by atoms with Gasteiger partial charge < -0.3 is 14.8 Å². The summed E-state index contributed by atoms with van der Waals surface area (Å²) in [5.41, 5.74) is 3.88. The molecule has 0 bridgehead atoms. The van der Waals surface area contributed by atoms with Gasteiger partial charge in [-0.05, 0) is 48.4 Å². The number of hydrogen-bond acceptors (Lipinski definition) is 3. The molecule has 2 aliphatic rings. The van der Waals surface area contributed by atoms with E-state index in [0.717, 1.165) is 47.5 Å². The van der Waals surface area contributed by atoms with Gasteiger partial charge in [-0.15, -0.1) is 0 Å². The van der Waals surface area contributed by atoms with Crippen LogP contribution in [0.5, 0.6) is 11.5 Å². The van der Waals surface area contributed by atoms with E-state index in [4.69, 9.17) is 44.3 Å². The van der Waals surface area contributed by atoms with E-state index < -0.39 is 0 Å². The lowest BCUT2D eigenvalue weighted by Crippen LogP contribution is -2.37. The molecule has 0 saturated carbocycles. The molecule has 3 aromatic rings. The van der Waals surface area contributed by atoms with Gasteiger partial charge in [0.25, 0.3) is 0 Å². The summed E-state index contributed by atoms with van der Waals surface area (Å²) in [4.78, 5) is 0. The molecule has 0 aliphatic carbocycles. The summed E-state index contributed by atoms with van der Waals surface area (Å²) >= 11 is 19.2. The third-order valence-corrected chi connectivity index (χ3v) is 6.52. The van der Waals surface area contributed by atoms with Gasteiger partial charge in [-0.25, -0.2) is 0 Å². The molecule has 3 nitrogen and oxygen atoms in total. The number of benzene rings is 3. The second-order valence-electron chi connectivity index (χ2n) is 7.67. The van der Waals surface area contributed by atoms with E-state index in [0.29, 0.717) is 27.4 Å². The predicted molar refractivity (Wildman–Crippen MR) is 122 cm³/mol. The van der Waals surface area contributed by atoms with Crippen molar-refractivity contribution in [2.24, 2.45) is 0 Å². The molecule has 2 unspecified atom stereocenters. The highest BCUT2D eigenvalue weighted by molar-refractivity contribution is 6.41. The van der Waals surface area contributed by atoms with Crippen LogP contribution in [0, 0.1) is 0 Å². The Bertz CT molecular complexity index is 1060. The molecule has 0 aromatic heterocycles. The average Bonchev–Trinajstić information content (AvgIpc) is 3.11. The molecule has 1 N–H and O–H groups in total. The molecule has 0 radical (unpaired) electrons. The van der Waals surface area contributed by atoms with Gasteiger partial charge in [0, 0.05) is 28.6 Å². The van der Waals surface area contributed by atoms with E-state index in [1.807, 2.05) is 36.4 Å². The van der Waals surface area contributed by atoms with Gasteiger partial charge in [0.05, 0.1) is 10.0 Å². The Morgan fingerprint density at radius 2 is 1.77 bits per heavy atom. The van der Waals surface area contributed by atoms with Gasteiger partial charge in [0.1, 0.15) is 12.7 Å². The summed E-state index contributed by atoms with van der Waals surface area (Å²) in [6.45, 7) is 2.29. The van der Waals surface area contributed by atoms with E-state index in [1.54, 1.807) is 12.1 Å². The summed E-state index contributed by atoms with van der Waals surface area (Å²) in [5, 5.41) is 5.01. The number of rotatable bonds is 4. The van der Waals surface area contributed by atoms with Crippen molar-refractivity contribution in [3.8, 4) is 22.6 Å². The Morgan fingerprint density at radius 1 is 1.00 bits per heavy atom. The Hall–Kier alpha value is -1.91. The smallest absolute Gasteiger partial charge is 0.165 e. The molecule has 2 aliphatic heterocycles. The predicted octanol–water partition coefficient (Wildman–Crippen LogP) is 6.73. The van der Waals surface area contributed by atoms with E-state index >= 15 is 0 Å². The fraction of sp³-hybridized carbons (Fsp3) is 0.250. The SMILES string of the molecule is Clc1cc(Cl)c(-c2cc(OCc3ccccc3)c3c(c2)C2CNCCC2O3)c(Cl)c1. The molecule has 1 saturated heterocycles. The lowest BCUT2D eigenvalue weighted by molar-refractivity contribution is 0.165. The van der Waals surface area contributed by atoms with Gasteiger partial charge in [-0.2, -0.15) is 0 Å². The molecule has 154 valence electrons. The fourth-order valence-electron chi connectivity index (χ4n) is 4.27. The maximum atomic E-state index is 6.53. The third kappa shape index (κ3) is 3.76. The van der Waals surface area contributed by atoms with E-state index in [9.17, 15) is 0 Å². The second kappa shape index (κ2) is 8.32. The van der Waals surface area contributed by atoms with Crippen molar-refractivity contribution in [3.63, 3.8) is 0 Å². The van der Waals surface area contributed by atoms with E-state index in [2.05, 4.69) is 11.4 Å². The normalized spacial score (nSPS) is 19.7. The topological polar surface area (TPSA) is 30.5 Å². The van der Waals surface area contributed by atoms with Crippen LogP contribution in [0.15, 0.2) is 54.6 Å². The number of nitrogens with one attached hydrogen (secondary N) is 1. The first-order chi connectivity index (χ1) is 14.6. The van der Waals surface area contributed by atoms with Crippen LogP contribution in [0.3, 0.4) is 0 Å². The second-order valence-corrected chi connectivity index (χ2v) is 8.92. The molecule has 0 spiro atoms. The summed E-state index contributed by atoms with van der Waals surface area (Å²) in [7, 11) is 0. The molecule has 6 heteroatoms. The first kappa shape index (κ1) is 20.0. The van der Waals surface area contributed by atoms with Crippen LogP contribution in [-0.2, 0) is 6.61 Å². The van der Waals surface area contributed by atoms with Crippen LogP contribution in [-0.4, -0.2) is 19.2 Å². The minimum atomic E-state index is 0.159. The molecule has 1 fully saturated rings. The number of fused-ring (bicyclic) bond motifs is 3. The number of piperidine rings is 1. The number of halogens is 3. The Balaban J connectivity index is 1.59. The monoisotopic (exact) mass is 459 g/mol. The van der Waals surface area contributed by atoms with Crippen LogP contribution in [0.25, 0.3) is 11.1 Å². The minimum Gasteiger partial charge on any atom is -0.485 e. The highest BCUT2D eigenvalue weighted by atomic mass is 35.5. The standard InChI is InChI=1S/C24H20Cl3NO2/c25-16-10-19(26)23(20(27)11-16)15-8-17-18-12-28-7-6-21(18)30-24(17)22(9-15)29-13-14-4-2-1-3-5-14/h1-5,8-11,18,21,28H,6-7,12-13H2. The zero-order valence-corrected chi connectivity index (χ0v) is 18.4. The Kier molecular flexibility index (Phi) is 5.55. The van der Waals surface area contributed by atoms with Crippen LogP contribution < -0.4 is 14.8 Å². The molecular weight excluding hydrogens is 441 g/mol. The van der Waals surface area contributed by atoms with Gasteiger partial charge in [0.15, 0.2) is 11.5 Å². The molecule has 5 rings (SSSR count). The number of hydrogen-bond donors (Lipinski definition) is 1. The molecule has 3 aromatic carbocycles. The van der Waals surface area contributed by atoms with Crippen molar-refractivity contribution in [1.29, 1.82) is 0 Å². The van der Waals surface area contributed by atoms with Crippen molar-refractivity contribution >= 4 is 34.8 Å². The summed E-state index contributed by atoms with van der Waals surface area (Å²) < 4.78 is 12.6. The van der Waals surface area contributed by atoms with Crippen LogP contribution >= 0.6 is 34.8 Å². The molecule has 30 heavy (non-hydrogen) atoms. The first-order valence-corrected chi connectivity index (χ1v) is 11.1. The highest BCUT2D eigenvalue weighted by Gasteiger charge is 2.38. The minimum absolute atomic E-state index is 0.159. The lowest BCUT2D eigenvalue weighted by Gasteiger charge is -2.24. The van der Waals surface area contributed by atoms with Gasteiger partial charge in [-0.3, -0.25) is 0 Å². The highest BCUT2D eigenvalue weighted by Crippen LogP contribution is 2.50. The van der Waals surface area contributed by atoms with Crippen LogP contribution in [0.1, 0.15) is 23.5 Å². The summed E-state index contributed by atoms with van der Waals surface area (Å²) in [5.74, 6) is 1.81. The van der Waals surface area contributed by atoms with E-state index in [-0.39, 0.29) is 12.0 Å². The lowest BCUT2D eigenvalue weighted by atomic mass is 9.89. The summed E-state index contributed by atoms with van der Waals surface area (Å²) in [6.07, 6.45) is 1.13. The quantitative estimate of drug-likeness (QED) is 0.468. The van der Waals surface area contributed by atoms with Crippen molar-refractivity contribution in [2.45, 2.75) is 25.0 Å². The van der Waals surface area contributed by atoms with Crippen molar-refractivity contribution < 1.29 is 9.47 Å². The number of ether oxygens (including phenoxy) is 2. The maximum Gasteiger partial charge on any atom is 0.165 e. The molecular formula is C24H20Cl3NO2. The van der Waals surface area contributed by atoms with E-state index in [1.165, 1.54) is 0 Å². The molecule has 0 amide bonds.